The Labute approximate surface area is 51.8 Å². The van der Waals surface area contributed by atoms with Crippen LogP contribution in [0.15, 0.2) is 0 Å². The minimum Gasteiger partial charge on any atom is -0.427 e. The van der Waals surface area contributed by atoms with Crippen LogP contribution >= 0.6 is 0 Å². The van der Waals surface area contributed by atoms with Crippen LogP contribution in [0.3, 0.4) is 0 Å². The summed E-state index contributed by atoms with van der Waals surface area (Å²) in [6, 6.07) is 0. The van der Waals surface area contributed by atoms with Crippen molar-refractivity contribution in [2.45, 2.75) is 0 Å². The number of hydrogen-bond acceptors (Lipinski definition) is 3. The fourth-order valence-corrected chi connectivity index (χ4v) is 0.870. The predicted octanol–water partition coefficient (Wildman–Crippen LogP) is -2.12. The van der Waals surface area contributed by atoms with E-state index < -0.39 is 0 Å². The smallest absolute Gasteiger partial charge is 0.145 e. The molecular weight excluding hydrogens is 124 g/mol. The highest BCUT2D eigenvalue weighted by Gasteiger charge is 2.02. The Morgan fingerprint density at radius 2 is 1.88 bits per heavy atom. The lowest BCUT2D eigenvalue weighted by Gasteiger charge is -2.07. The predicted molar refractivity (Wildman–Crippen MR) is 33.6 cm³/mol. The summed E-state index contributed by atoms with van der Waals surface area (Å²) in [5.74, 6) is -0.0764. The molecule has 3 nitrogen and oxygen atoms in total. The zero-order valence-corrected chi connectivity index (χ0v) is 7.00. The van der Waals surface area contributed by atoms with E-state index in [4.69, 9.17) is 14.6 Å². The third-order valence-electron chi connectivity index (χ3n) is 0.919. The van der Waals surface area contributed by atoms with Crippen LogP contribution in [0.2, 0.25) is 0 Å². The van der Waals surface area contributed by atoms with E-state index in [9.17, 15) is 0 Å². The molecule has 0 unspecified atom stereocenters. The Morgan fingerprint density at radius 1 is 1.38 bits per heavy atom. The zero-order valence-electron chi connectivity index (χ0n) is 5.00. The van der Waals surface area contributed by atoms with Crippen molar-refractivity contribution in [3.63, 3.8) is 0 Å². The van der Waals surface area contributed by atoms with Gasteiger partial charge in [-0.2, -0.15) is 0 Å². The van der Waals surface area contributed by atoms with Gasteiger partial charge < -0.3 is 14.6 Å². The fourth-order valence-electron chi connectivity index (χ4n) is 0.399. The van der Waals surface area contributed by atoms with Crippen LogP contribution in [0.1, 0.15) is 0 Å². The second-order valence-corrected chi connectivity index (χ2v) is 2.26. The quantitative estimate of drug-likeness (QED) is 0.435. The number of aliphatic hydroxyl groups is 2. The highest BCUT2D eigenvalue weighted by Crippen LogP contribution is 1.91. The van der Waals surface area contributed by atoms with E-state index in [1.54, 1.807) is 0 Å². The van der Waals surface area contributed by atoms with Crippen LogP contribution in [-0.2, 0) is 4.43 Å². The first-order chi connectivity index (χ1) is 3.85. The molecule has 0 aromatic heterocycles. The molecule has 0 rings (SSSR count). The van der Waals surface area contributed by atoms with Crippen LogP contribution in [0.5, 0.6) is 0 Å². The van der Waals surface area contributed by atoms with E-state index in [-0.39, 0.29) is 19.1 Å². The van der Waals surface area contributed by atoms with Crippen LogP contribution in [0.25, 0.3) is 0 Å². The van der Waals surface area contributed by atoms with Crippen molar-refractivity contribution in [1.29, 1.82) is 0 Å². The highest BCUT2D eigenvalue weighted by atomic mass is 28.2. The van der Waals surface area contributed by atoms with Gasteiger partial charge in [0.2, 0.25) is 0 Å². The minimum absolute atomic E-state index is 0.0126. The first-order valence-electron chi connectivity index (χ1n) is 2.55. The van der Waals surface area contributed by atoms with Gasteiger partial charge in [0.05, 0.1) is 13.2 Å². The normalized spacial score (nSPS) is 10.9. The molecule has 0 atom stereocenters. The summed E-state index contributed by atoms with van der Waals surface area (Å²) in [6.45, 7) is 0.511. The van der Waals surface area contributed by atoms with E-state index >= 15 is 0 Å². The summed E-state index contributed by atoms with van der Waals surface area (Å²) in [7, 11) is 0.674. The second-order valence-electron chi connectivity index (χ2n) is 1.69. The highest BCUT2D eigenvalue weighted by molar-refractivity contribution is 5.97. The summed E-state index contributed by atoms with van der Waals surface area (Å²) in [4.78, 5) is 0. The van der Waals surface area contributed by atoms with Crippen molar-refractivity contribution in [3.8, 4) is 0 Å². The molecule has 0 saturated carbocycles. The summed E-state index contributed by atoms with van der Waals surface area (Å²) >= 11 is 0. The fraction of sp³-hybridized carbons (Fsp3) is 1.00. The van der Waals surface area contributed by atoms with Gasteiger partial charge in [-0.3, -0.25) is 0 Å². The number of aliphatic hydroxyl groups excluding tert-OH is 2. The molecule has 0 aliphatic heterocycles. The molecule has 0 bridgehead atoms. The summed E-state index contributed by atoms with van der Waals surface area (Å²) in [5, 5.41) is 16.9. The Balaban J connectivity index is 3.07. The Hall–Kier alpha value is 0.0969. The lowest BCUT2D eigenvalue weighted by Crippen LogP contribution is -2.16. The third-order valence-corrected chi connectivity index (χ3v) is 1.25. The molecule has 0 fully saturated rings. The van der Waals surface area contributed by atoms with Gasteiger partial charge in [0.25, 0.3) is 0 Å². The second kappa shape index (κ2) is 5.24. The van der Waals surface area contributed by atoms with Crippen LogP contribution in [0, 0.1) is 5.92 Å². The van der Waals surface area contributed by atoms with Gasteiger partial charge in [-0.05, 0) is 0 Å². The Kier molecular flexibility index (Phi) is 5.30. The maximum atomic E-state index is 8.43. The molecule has 0 aliphatic rings. The maximum absolute atomic E-state index is 8.43. The first kappa shape index (κ1) is 8.10. The molecule has 0 spiro atoms. The van der Waals surface area contributed by atoms with E-state index in [1.807, 2.05) is 0 Å². The first-order valence-corrected chi connectivity index (χ1v) is 3.37. The van der Waals surface area contributed by atoms with Crippen molar-refractivity contribution < 1.29 is 14.6 Å². The number of rotatable bonds is 4. The average Bonchev–Trinajstić information content (AvgIpc) is 1.83. The molecule has 0 amide bonds. The van der Waals surface area contributed by atoms with E-state index in [2.05, 4.69) is 0 Å². The van der Waals surface area contributed by atoms with Crippen LogP contribution in [0.4, 0.5) is 0 Å². The molecule has 0 aromatic rings. The average molecular weight is 136 g/mol. The summed E-state index contributed by atoms with van der Waals surface area (Å²) in [5.41, 5.74) is 0. The monoisotopic (exact) mass is 136 g/mol. The van der Waals surface area contributed by atoms with Crippen LogP contribution in [-0.4, -0.2) is 40.5 Å². The van der Waals surface area contributed by atoms with E-state index in [0.717, 1.165) is 0 Å². The molecule has 50 valence electrons. The Morgan fingerprint density at radius 3 is 2.00 bits per heavy atom. The molecule has 8 heavy (non-hydrogen) atoms. The molecular formula is C4H12O3Si. The molecule has 0 heterocycles. The van der Waals surface area contributed by atoms with Gasteiger partial charge in [-0.25, -0.2) is 0 Å². The molecule has 4 heteroatoms. The topological polar surface area (TPSA) is 49.7 Å². The lowest BCUT2D eigenvalue weighted by molar-refractivity contribution is 0.110. The van der Waals surface area contributed by atoms with E-state index in [0.29, 0.717) is 17.1 Å². The molecule has 0 aliphatic carbocycles. The van der Waals surface area contributed by atoms with Gasteiger partial charge in [0, 0.05) is 12.5 Å². The third kappa shape index (κ3) is 3.14. The van der Waals surface area contributed by atoms with Gasteiger partial charge >= 0.3 is 0 Å². The van der Waals surface area contributed by atoms with E-state index in [1.165, 1.54) is 0 Å². The van der Waals surface area contributed by atoms with Crippen molar-refractivity contribution in [2.75, 3.05) is 19.8 Å². The molecule has 0 radical (unpaired) electrons. The standard InChI is InChI=1S/C4H12O3Si/c5-1-4(2-6)3-7-8/h4-6H,1-3H2,8H3. The van der Waals surface area contributed by atoms with Crippen molar-refractivity contribution in [3.05, 3.63) is 0 Å². The largest absolute Gasteiger partial charge is 0.427 e. The SMILES string of the molecule is OCC(CO)CO[SiH3]. The van der Waals surface area contributed by atoms with Gasteiger partial charge in [0.1, 0.15) is 10.5 Å². The number of hydrogen-bond donors (Lipinski definition) is 2. The molecule has 0 saturated heterocycles. The minimum atomic E-state index is -0.0764. The van der Waals surface area contributed by atoms with Gasteiger partial charge in [-0.1, -0.05) is 0 Å². The van der Waals surface area contributed by atoms with Crippen molar-refractivity contribution in [2.24, 2.45) is 5.92 Å². The van der Waals surface area contributed by atoms with Gasteiger partial charge in [-0.15, -0.1) is 0 Å². The molecule has 0 aromatic carbocycles. The Bertz CT molecular complexity index is 46.5. The van der Waals surface area contributed by atoms with Crippen molar-refractivity contribution >= 4 is 10.5 Å². The summed E-state index contributed by atoms with van der Waals surface area (Å²) in [6.07, 6.45) is 0. The lowest BCUT2D eigenvalue weighted by atomic mass is 10.2. The molecule has 2 N–H and O–H groups in total. The zero-order chi connectivity index (χ0) is 6.41. The maximum Gasteiger partial charge on any atom is 0.145 e. The van der Waals surface area contributed by atoms with Crippen LogP contribution < -0.4 is 0 Å². The van der Waals surface area contributed by atoms with Crippen molar-refractivity contribution in [1.82, 2.24) is 0 Å². The summed E-state index contributed by atoms with van der Waals surface area (Å²) < 4.78 is 4.80. The van der Waals surface area contributed by atoms with Gasteiger partial charge in [0.15, 0.2) is 0 Å².